The molecule has 1 heterocycles. The molecule has 3 unspecified atom stereocenters. The Morgan fingerprint density at radius 3 is 2.86 bits per heavy atom. The van der Waals surface area contributed by atoms with Gasteiger partial charge in [0.15, 0.2) is 0 Å². The molecule has 3 atom stereocenters. The fraction of sp³-hybridized carbons (Fsp3) is 0.867. The monoisotopic (exact) mass is 298 g/mol. The van der Waals surface area contributed by atoms with Crippen LogP contribution in [0.1, 0.15) is 45.4 Å². The second-order valence-electron chi connectivity index (χ2n) is 6.01. The third-order valence-corrected chi connectivity index (χ3v) is 4.58. The summed E-state index contributed by atoms with van der Waals surface area (Å²) in [6, 6.07) is 0.117. The molecular weight excluding hydrogens is 272 g/mol. The smallest absolute Gasteiger partial charge is 0.317 e. The van der Waals surface area contributed by atoms with Gasteiger partial charge in [0.05, 0.1) is 18.8 Å². The van der Waals surface area contributed by atoms with Crippen molar-refractivity contribution >= 4 is 12.0 Å². The minimum atomic E-state index is -0.810. The molecule has 0 aromatic rings. The molecule has 2 N–H and O–H groups in total. The van der Waals surface area contributed by atoms with Crippen LogP contribution in [0.15, 0.2) is 0 Å². The molecule has 2 rings (SSSR count). The van der Waals surface area contributed by atoms with E-state index in [1.807, 2.05) is 11.8 Å². The fourth-order valence-electron chi connectivity index (χ4n) is 3.29. The van der Waals surface area contributed by atoms with Crippen molar-refractivity contribution in [3.05, 3.63) is 0 Å². The van der Waals surface area contributed by atoms with Crippen LogP contribution in [0, 0.1) is 5.92 Å². The van der Waals surface area contributed by atoms with Crippen LogP contribution in [0.5, 0.6) is 0 Å². The van der Waals surface area contributed by atoms with Crippen molar-refractivity contribution in [3.63, 3.8) is 0 Å². The van der Waals surface area contributed by atoms with Gasteiger partial charge in [-0.05, 0) is 18.8 Å². The minimum Gasteiger partial charge on any atom is -0.481 e. The first-order valence-corrected chi connectivity index (χ1v) is 7.99. The van der Waals surface area contributed by atoms with Gasteiger partial charge in [0, 0.05) is 19.5 Å². The Morgan fingerprint density at radius 1 is 1.38 bits per heavy atom. The van der Waals surface area contributed by atoms with Gasteiger partial charge in [-0.15, -0.1) is 0 Å². The number of carboxylic acid groups (broad SMARTS) is 1. The van der Waals surface area contributed by atoms with Crippen LogP contribution in [0.2, 0.25) is 0 Å². The number of amides is 2. The summed E-state index contributed by atoms with van der Waals surface area (Å²) in [5.74, 6) is -0.815. The number of nitrogens with zero attached hydrogens (tertiary/aromatic N) is 1. The largest absolute Gasteiger partial charge is 0.481 e. The Labute approximate surface area is 125 Å². The van der Waals surface area contributed by atoms with Crippen LogP contribution >= 0.6 is 0 Å². The highest BCUT2D eigenvalue weighted by Crippen LogP contribution is 2.28. The number of carbonyl (C=O) groups is 2. The molecule has 1 saturated heterocycles. The molecule has 120 valence electrons. The SMILES string of the molecule is CCC(CNC(=O)N1CCOC2CCCCC21)CC(=O)O. The molecule has 6 nitrogen and oxygen atoms in total. The average molecular weight is 298 g/mol. The van der Waals surface area contributed by atoms with Crippen molar-refractivity contribution in [3.8, 4) is 0 Å². The molecule has 0 aromatic heterocycles. The standard InChI is InChI=1S/C15H26N2O4/c1-2-11(9-14(18)19)10-16-15(20)17-7-8-21-13-6-4-3-5-12(13)17/h11-13H,2-10H2,1H3,(H,16,20)(H,18,19). The summed E-state index contributed by atoms with van der Waals surface area (Å²) < 4.78 is 5.76. The Morgan fingerprint density at radius 2 is 2.14 bits per heavy atom. The second-order valence-corrected chi connectivity index (χ2v) is 6.01. The number of hydrogen-bond donors (Lipinski definition) is 2. The lowest BCUT2D eigenvalue weighted by Crippen LogP contribution is -2.57. The number of rotatable bonds is 5. The predicted octanol–water partition coefficient (Wildman–Crippen LogP) is 1.84. The summed E-state index contributed by atoms with van der Waals surface area (Å²) in [6.45, 7) is 3.60. The quantitative estimate of drug-likeness (QED) is 0.811. The number of nitrogens with one attached hydrogen (secondary N) is 1. The van der Waals surface area contributed by atoms with E-state index >= 15 is 0 Å². The maximum absolute atomic E-state index is 12.4. The summed E-state index contributed by atoms with van der Waals surface area (Å²) in [5, 5.41) is 11.8. The third kappa shape index (κ3) is 4.33. The molecule has 0 bridgehead atoms. The molecule has 2 amide bonds. The summed E-state index contributed by atoms with van der Waals surface area (Å²) in [6.07, 6.45) is 5.39. The lowest BCUT2D eigenvalue weighted by molar-refractivity contribution is -0.138. The number of carboxylic acids is 1. The van der Waals surface area contributed by atoms with Crippen molar-refractivity contribution in [1.29, 1.82) is 0 Å². The fourth-order valence-corrected chi connectivity index (χ4v) is 3.29. The summed E-state index contributed by atoms with van der Waals surface area (Å²) >= 11 is 0. The lowest BCUT2D eigenvalue weighted by atomic mass is 9.90. The minimum absolute atomic E-state index is 0.00496. The van der Waals surface area contributed by atoms with Crippen LogP contribution in [-0.2, 0) is 9.53 Å². The zero-order valence-corrected chi connectivity index (χ0v) is 12.7. The highest BCUT2D eigenvalue weighted by Gasteiger charge is 2.36. The zero-order chi connectivity index (χ0) is 15.2. The van der Waals surface area contributed by atoms with Gasteiger partial charge < -0.3 is 20.1 Å². The molecule has 1 saturated carbocycles. The second kappa shape index (κ2) is 7.64. The highest BCUT2D eigenvalue weighted by atomic mass is 16.5. The molecule has 1 aliphatic heterocycles. The number of hydrogen-bond acceptors (Lipinski definition) is 3. The van der Waals surface area contributed by atoms with Crippen molar-refractivity contribution in [2.24, 2.45) is 5.92 Å². The van der Waals surface area contributed by atoms with E-state index < -0.39 is 5.97 Å². The number of ether oxygens (including phenoxy) is 1. The lowest BCUT2D eigenvalue weighted by Gasteiger charge is -2.43. The summed E-state index contributed by atoms with van der Waals surface area (Å²) in [7, 11) is 0. The van der Waals surface area contributed by atoms with Crippen LogP contribution in [0.3, 0.4) is 0 Å². The Hall–Kier alpha value is -1.30. The Bertz CT molecular complexity index is 373. The van der Waals surface area contributed by atoms with E-state index in [0.29, 0.717) is 19.7 Å². The summed E-state index contributed by atoms with van der Waals surface area (Å²) in [5.41, 5.74) is 0. The van der Waals surface area contributed by atoms with E-state index in [-0.39, 0.29) is 30.5 Å². The van der Waals surface area contributed by atoms with Crippen LogP contribution in [0.4, 0.5) is 4.79 Å². The third-order valence-electron chi connectivity index (χ3n) is 4.58. The number of carbonyl (C=O) groups excluding carboxylic acids is 1. The number of urea groups is 1. The molecule has 2 aliphatic rings. The number of aliphatic carboxylic acids is 1. The van der Waals surface area contributed by atoms with E-state index in [1.165, 1.54) is 6.42 Å². The van der Waals surface area contributed by atoms with Gasteiger partial charge in [-0.3, -0.25) is 4.79 Å². The van der Waals surface area contributed by atoms with Gasteiger partial charge in [0.25, 0.3) is 0 Å². The van der Waals surface area contributed by atoms with Crippen molar-refractivity contribution < 1.29 is 19.4 Å². The highest BCUT2D eigenvalue weighted by molar-refractivity contribution is 5.75. The topological polar surface area (TPSA) is 78.9 Å². The van der Waals surface area contributed by atoms with E-state index in [0.717, 1.165) is 25.7 Å². The van der Waals surface area contributed by atoms with Crippen LogP contribution in [-0.4, -0.2) is 53.8 Å². The maximum atomic E-state index is 12.4. The molecule has 0 radical (unpaired) electrons. The molecule has 6 heteroatoms. The number of fused-ring (bicyclic) bond motifs is 1. The molecule has 21 heavy (non-hydrogen) atoms. The van der Waals surface area contributed by atoms with E-state index in [2.05, 4.69) is 5.32 Å². The van der Waals surface area contributed by atoms with Crippen molar-refractivity contribution in [2.75, 3.05) is 19.7 Å². The van der Waals surface area contributed by atoms with Crippen LogP contribution < -0.4 is 5.32 Å². The molecule has 1 aliphatic carbocycles. The van der Waals surface area contributed by atoms with Gasteiger partial charge in [0.2, 0.25) is 0 Å². The van der Waals surface area contributed by atoms with Crippen molar-refractivity contribution in [2.45, 2.75) is 57.6 Å². The van der Waals surface area contributed by atoms with E-state index in [4.69, 9.17) is 9.84 Å². The summed E-state index contributed by atoms with van der Waals surface area (Å²) in [4.78, 5) is 25.0. The van der Waals surface area contributed by atoms with Gasteiger partial charge in [-0.1, -0.05) is 26.2 Å². The van der Waals surface area contributed by atoms with Gasteiger partial charge in [-0.2, -0.15) is 0 Å². The first-order valence-electron chi connectivity index (χ1n) is 7.99. The first-order chi connectivity index (χ1) is 10.1. The molecular formula is C15H26N2O4. The van der Waals surface area contributed by atoms with Gasteiger partial charge >= 0.3 is 12.0 Å². The number of morpholine rings is 1. The Kier molecular flexibility index (Phi) is 5.85. The zero-order valence-electron chi connectivity index (χ0n) is 12.7. The normalized spacial score (nSPS) is 26.8. The average Bonchev–Trinajstić information content (AvgIpc) is 2.50. The van der Waals surface area contributed by atoms with Crippen LogP contribution in [0.25, 0.3) is 0 Å². The van der Waals surface area contributed by atoms with Gasteiger partial charge in [-0.25, -0.2) is 4.79 Å². The van der Waals surface area contributed by atoms with E-state index in [9.17, 15) is 9.59 Å². The first kappa shape index (κ1) is 16.1. The molecule has 0 aromatic carbocycles. The van der Waals surface area contributed by atoms with Gasteiger partial charge in [0.1, 0.15) is 0 Å². The van der Waals surface area contributed by atoms with Crippen molar-refractivity contribution in [1.82, 2.24) is 10.2 Å². The van der Waals surface area contributed by atoms with E-state index in [1.54, 1.807) is 0 Å². The molecule has 0 spiro atoms. The maximum Gasteiger partial charge on any atom is 0.317 e. The molecule has 2 fully saturated rings. The Balaban J connectivity index is 1.85. The predicted molar refractivity (Wildman–Crippen MR) is 78.1 cm³/mol.